The molecule has 0 unspecified atom stereocenters. The van der Waals surface area contributed by atoms with Gasteiger partial charge in [0.1, 0.15) is 5.82 Å². The van der Waals surface area contributed by atoms with Gasteiger partial charge in [0.15, 0.2) is 0 Å². The predicted octanol–water partition coefficient (Wildman–Crippen LogP) is 3.95. The van der Waals surface area contributed by atoms with Gasteiger partial charge in [0.2, 0.25) is 0 Å². The minimum absolute atomic E-state index is 0.0555. The van der Waals surface area contributed by atoms with Gasteiger partial charge in [-0.25, -0.2) is 4.98 Å². The van der Waals surface area contributed by atoms with Gasteiger partial charge < -0.3 is 15.7 Å². The Kier molecular flexibility index (Phi) is 6.17. The summed E-state index contributed by atoms with van der Waals surface area (Å²) in [6.45, 7) is 4.97. The highest BCUT2D eigenvalue weighted by molar-refractivity contribution is 5.98. The van der Waals surface area contributed by atoms with Gasteiger partial charge in [-0.3, -0.25) is 9.78 Å². The molecule has 31 heavy (non-hydrogen) atoms. The lowest BCUT2D eigenvalue weighted by Crippen LogP contribution is -2.44. The molecular formula is C22H23F3N4O2. The van der Waals surface area contributed by atoms with Gasteiger partial charge in [0.05, 0.1) is 35.5 Å². The molecule has 9 heteroatoms. The Morgan fingerprint density at radius 3 is 2.48 bits per heavy atom. The van der Waals surface area contributed by atoms with Crippen LogP contribution in [0.25, 0.3) is 10.9 Å². The largest absolute Gasteiger partial charge is 0.417 e. The van der Waals surface area contributed by atoms with Gasteiger partial charge in [-0.1, -0.05) is 0 Å². The summed E-state index contributed by atoms with van der Waals surface area (Å²) in [6.07, 6.45) is -4.61. The van der Waals surface area contributed by atoms with Crippen molar-refractivity contribution in [1.82, 2.24) is 14.9 Å². The van der Waals surface area contributed by atoms with Gasteiger partial charge >= 0.3 is 6.18 Å². The third-order valence-electron chi connectivity index (χ3n) is 5.23. The Bertz CT molecular complexity index is 1100. The van der Waals surface area contributed by atoms with Crippen molar-refractivity contribution in [2.75, 3.05) is 5.73 Å². The van der Waals surface area contributed by atoms with Crippen LogP contribution in [-0.4, -0.2) is 38.0 Å². The molecule has 164 valence electrons. The number of aliphatic hydroxyl groups is 1. The van der Waals surface area contributed by atoms with Crippen LogP contribution in [0, 0.1) is 6.92 Å². The minimum Gasteiger partial charge on any atom is -0.391 e. The number of aryl methyl sites for hydroxylation is 1. The monoisotopic (exact) mass is 432 g/mol. The van der Waals surface area contributed by atoms with Crippen LogP contribution in [0.4, 0.5) is 19.0 Å². The zero-order chi connectivity index (χ0) is 22.9. The van der Waals surface area contributed by atoms with Crippen LogP contribution in [0.2, 0.25) is 0 Å². The molecule has 0 aliphatic heterocycles. The number of halogens is 3. The molecule has 2 aromatic heterocycles. The van der Waals surface area contributed by atoms with E-state index in [-0.39, 0.29) is 18.1 Å². The highest BCUT2D eigenvalue weighted by Gasteiger charge is 2.31. The number of hydrogen-bond acceptors (Lipinski definition) is 5. The number of rotatable bonds is 5. The molecular weight excluding hydrogens is 409 g/mol. The number of aromatic nitrogens is 2. The van der Waals surface area contributed by atoms with Crippen molar-refractivity contribution >= 4 is 22.6 Å². The Labute approximate surface area is 177 Å². The Hall–Kier alpha value is -3.20. The number of nitrogen functional groups attached to an aromatic ring is 1. The molecule has 0 spiro atoms. The van der Waals surface area contributed by atoms with Crippen molar-refractivity contribution < 1.29 is 23.1 Å². The van der Waals surface area contributed by atoms with Crippen molar-refractivity contribution in [1.29, 1.82) is 0 Å². The van der Waals surface area contributed by atoms with Gasteiger partial charge in [0.25, 0.3) is 5.91 Å². The maximum absolute atomic E-state index is 13.3. The van der Waals surface area contributed by atoms with Crippen molar-refractivity contribution in [3.8, 4) is 0 Å². The van der Waals surface area contributed by atoms with Gasteiger partial charge in [-0.05, 0) is 62.7 Å². The van der Waals surface area contributed by atoms with Crippen LogP contribution < -0.4 is 5.73 Å². The van der Waals surface area contributed by atoms with E-state index >= 15 is 0 Å². The van der Waals surface area contributed by atoms with Crippen LogP contribution in [0.15, 0.2) is 42.6 Å². The summed E-state index contributed by atoms with van der Waals surface area (Å²) in [5, 5.41) is 10.8. The van der Waals surface area contributed by atoms with Crippen LogP contribution in [0.3, 0.4) is 0 Å². The van der Waals surface area contributed by atoms with Crippen molar-refractivity contribution in [3.05, 3.63) is 65.0 Å². The quantitative estimate of drug-likeness (QED) is 0.637. The van der Waals surface area contributed by atoms with Crippen molar-refractivity contribution in [2.45, 2.75) is 45.6 Å². The summed E-state index contributed by atoms with van der Waals surface area (Å²) < 4.78 is 38.4. The Morgan fingerprint density at radius 2 is 1.90 bits per heavy atom. The Morgan fingerprint density at radius 1 is 1.19 bits per heavy atom. The van der Waals surface area contributed by atoms with E-state index in [2.05, 4.69) is 9.97 Å². The van der Waals surface area contributed by atoms with E-state index in [0.29, 0.717) is 16.9 Å². The molecule has 0 saturated heterocycles. The molecule has 0 aliphatic rings. The molecule has 2 heterocycles. The number of nitrogens with two attached hydrogens (primary N) is 1. The number of benzene rings is 1. The first-order valence-corrected chi connectivity index (χ1v) is 9.65. The van der Waals surface area contributed by atoms with E-state index in [1.165, 1.54) is 11.0 Å². The molecule has 1 aromatic carbocycles. The Balaban J connectivity index is 1.94. The summed E-state index contributed by atoms with van der Waals surface area (Å²) >= 11 is 0. The summed E-state index contributed by atoms with van der Waals surface area (Å²) in [4.78, 5) is 22.8. The van der Waals surface area contributed by atoms with Crippen LogP contribution >= 0.6 is 0 Å². The lowest BCUT2D eigenvalue weighted by atomic mass is 10.1. The fourth-order valence-electron chi connectivity index (χ4n) is 3.12. The third-order valence-corrected chi connectivity index (χ3v) is 5.23. The first kappa shape index (κ1) is 22.5. The number of fused-ring (bicyclic) bond motifs is 1. The SMILES string of the molecule is Cc1cc2cc(C(=O)N(Cc3ccc(C(F)(F)F)cn3)[C@H](C)[C@H](C)O)ccc2nc1N. The number of nitrogens with zero attached hydrogens (tertiary/aromatic N) is 3. The zero-order valence-electron chi connectivity index (χ0n) is 17.3. The number of aliphatic hydroxyl groups excluding tert-OH is 1. The molecule has 0 saturated carbocycles. The molecule has 6 nitrogen and oxygen atoms in total. The normalized spacial score (nSPS) is 13.8. The molecule has 0 bridgehead atoms. The molecule has 2 atom stereocenters. The second kappa shape index (κ2) is 8.50. The van der Waals surface area contributed by atoms with E-state index < -0.39 is 23.9 Å². The standard InChI is InChI=1S/C22H23F3N4O2/c1-12-8-16-9-15(4-7-19(16)28-20(12)26)21(31)29(13(2)14(3)30)11-18-6-5-17(10-27-18)22(23,24)25/h4-10,13-14,30H,11H2,1-3H3,(H2,26,28)/t13-,14+/m1/s1. The molecule has 1 amide bonds. The minimum atomic E-state index is -4.49. The first-order valence-electron chi connectivity index (χ1n) is 9.65. The smallest absolute Gasteiger partial charge is 0.391 e. The summed E-state index contributed by atoms with van der Waals surface area (Å²) in [5.41, 5.74) is 7.02. The molecule has 3 N–H and O–H groups in total. The van der Waals surface area contributed by atoms with E-state index in [4.69, 9.17) is 5.73 Å². The molecule has 0 aliphatic carbocycles. The number of carbonyl (C=O) groups excluding carboxylic acids is 1. The topological polar surface area (TPSA) is 92.3 Å². The number of alkyl halides is 3. The molecule has 0 fully saturated rings. The van der Waals surface area contributed by atoms with Gasteiger partial charge in [0, 0.05) is 17.1 Å². The van der Waals surface area contributed by atoms with E-state index in [9.17, 15) is 23.1 Å². The highest BCUT2D eigenvalue weighted by Crippen LogP contribution is 2.29. The fraction of sp³-hybridized carbons (Fsp3) is 0.318. The van der Waals surface area contributed by atoms with Crippen LogP contribution in [0.5, 0.6) is 0 Å². The zero-order valence-corrected chi connectivity index (χ0v) is 17.3. The van der Waals surface area contributed by atoms with Crippen molar-refractivity contribution in [3.63, 3.8) is 0 Å². The van der Waals surface area contributed by atoms with E-state index in [0.717, 1.165) is 23.2 Å². The maximum atomic E-state index is 13.3. The third kappa shape index (κ3) is 4.93. The number of carbonyl (C=O) groups is 1. The van der Waals surface area contributed by atoms with Crippen LogP contribution in [-0.2, 0) is 12.7 Å². The number of anilines is 1. The summed E-state index contributed by atoms with van der Waals surface area (Å²) in [6, 6.07) is 8.35. The molecule has 0 radical (unpaired) electrons. The average Bonchev–Trinajstić information content (AvgIpc) is 2.71. The number of pyridine rings is 2. The predicted molar refractivity (Wildman–Crippen MR) is 111 cm³/mol. The van der Waals surface area contributed by atoms with Crippen molar-refractivity contribution in [2.24, 2.45) is 0 Å². The first-order chi connectivity index (χ1) is 14.5. The van der Waals surface area contributed by atoms with Gasteiger partial charge in [-0.15, -0.1) is 0 Å². The van der Waals surface area contributed by atoms with E-state index in [1.54, 1.807) is 32.0 Å². The number of amides is 1. The summed E-state index contributed by atoms with van der Waals surface area (Å²) in [7, 11) is 0. The lowest BCUT2D eigenvalue weighted by Gasteiger charge is -2.31. The summed E-state index contributed by atoms with van der Waals surface area (Å²) in [5.74, 6) is 0.0239. The lowest BCUT2D eigenvalue weighted by molar-refractivity contribution is -0.137. The van der Waals surface area contributed by atoms with Crippen LogP contribution in [0.1, 0.15) is 41.0 Å². The maximum Gasteiger partial charge on any atom is 0.417 e. The average molecular weight is 432 g/mol. The highest BCUT2D eigenvalue weighted by atomic mass is 19.4. The van der Waals surface area contributed by atoms with Gasteiger partial charge in [-0.2, -0.15) is 13.2 Å². The molecule has 3 aromatic rings. The number of hydrogen-bond donors (Lipinski definition) is 2. The molecule has 3 rings (SSSR count). The fourth-order valence-corrected chi connectivity index (χ4v) is 3.12. The second-order valence-electron chi connectivity index (χ2n) is 7.55. The van der Waals surface area contributed by atoms with E-state index in [1.807, 2.05) is 13.0 Å². The second-order valence-corrected chi connectivity index (χ2v) is 7.55.